The van der Waals surface area contributed by atoms with Gasteiger partial charge in [0, 0.05) is 23.5 Å². The molecule has 0 amide bonds. The Morgan fingerprint density at radius 3 is 2.07 bits per heavy atom. The summed E-state index contributed by atoms with van der Waals surface area (Å²) in [6.07, 6.45) is 2.85. The minimum absolute atomic E-state index is 0.0176. The molecule has 1 heterocycles. The molecule has 0 fully saturated rings. The Bertz CT molecular complexity index is 883. The predicted molar refractivity (Wildman–Crippen MR) is 107 cm³/mol. The molecular weight excluding hydrogens is 376 g/mol. The molecule has 0 saturated heterocycles. The second kappa shape index (κ2) is 9.50. The number of ether oxygens (including phenoxy) is 2. The number of carbonyl (C=O) groups is 2. The molecule has 1 aliphatic heterocycles. The van der Waals surface area contributed by atoms with Crippen LogP contribution in [0.2, 0.25) is 0 Å². The number of nitro benzene ring substituents is 1. The largest absolute Gasteiger partial charge is 0.458 e. The summed E-state index contributed by atoms with van der Waals surface area (Å²) in [4.78, 5) is 36.2. The van der Waals surface area contributed by atoms with Crippen molar-refractivity contribution in [3.63, 3.8) is 0 Å². The Balaban J connectivity index is 2.64. The van der Waals surface area contributed by atoms with Crippen LogP contribution in [0.1, 0.15) is 25.3 Å². The molecule has 0 radical (unpaired) electrons. The first-order valence-corrected chi connectivity index (χ1v) is 8.80. The summed E-state index contributed by atoms with van der Waals surface area (Å²) in [6, 6.07) is 5.78. The van der Waals surface area contributed by atoms with Crippen LogP contribution in [0.5, 0.6) is 0 Å². The molecule has 2 rings (SSSR count). The number of rotatable bonds is 8. The van der Waals surface area contributed by atoms with E-state index >= 15 is 0 Å². The Morgan fingerprint density at radius 1 is 1.10 bits per heavy atom. The average Bonchev–Trinajstić information content (AvgIpc) is 2.69. The molecule has 0 aliphatic carbocycles. The number of nitro groups is 1. The second-order valence-electron chi connectivity index (χ2n) is 6.26. The van der Waals surface area contributed by atoms with Gasteiger partial charge in [-0.25, -0.2) is 9.59 Å². The van der Waals surface area contributed by atoms with Crippen molar-refractivity contribution in [3.8, 4) is 0 Å². The molecule has 0 aromatic heterocycles. The molecule has 1 N–H and O–H groups in total. The zero-order valence-electron chi connectivity index (χ0n) is 16.3. The molecule has 0 unspecified atom stereocenters. The van der Waals surface area contributed by atoms with Gasteiger partial charge < -0.3 is 14.8 Å². The third-order valence-electron chi connectivity index (χ3n) is 4.28. The van der Waals surface area contributed by atoms with Gasteiger partial charge in [-0.15, -0.1) is 0 Å². The molecule has 1 aromatic rings. The van der Waals surface area contributed by atoms with Gasteiger partial charge in [0.2, 0.25) is 0 Å². The monoisotopic (exact) mass is 398 g/mol. The van der Waals surface area contributed by atoms with E-state index in [9.17, 15) is 19.7 Å². The maximum Gasteiger partial charge on any atom is 0.337 e. The van der Waals surface area contributed by atoms with Gasteiger partial charge in [0.15, 0.2) is 0 Å². The van der Waals surface area contributed by atoms with Gasteiger partial charge in [0.05, 0.1) is 22.0 Å². The van der Waals surface area contributed by atoms with E-state index in [0.29, 0.717) is 17.0 Å². The highest BCUT2D eigenvalue weighted by atomic mass is 16.6. The zero-order valence-corrected chi connectivity index (χ0v) is 16.3. The van der Waals surface area contributed by atoms with Crippen molar-refractivity contribution in [1.82, 2.24) is 5.32 Å². The standard InChI is InChI=1S/C21H22N2O6/c1-5-10-28-20(24)17-13(3)22-14(4)18(21(25)29-11-6-2)19(17)15-8-7-9-16(12-15)23(26)27/h5-9,12,19,22H,1-2,10-11H2,3-4H3. The van der Waals surface area contributed by atoms with E-state index in [1.807, 2.05) is 0 Å². The minimum atomic E-state index is -0.897. The molecule has 0 atom stereocenters. The van der Waals surface area contributed by atoms with Gasteiger partial charge in [0.25, 0.3) is 5.69 Å². The lowest BCUT2D eigenvalue weighted by Crippen LogP contribution is -2.32. The molecule has 8 heteroatoms. The topological polar surface area (TPSA) is 108 Å². The first-order valence-electron chi connectivity index (χ1n) is 8.80. The Kier molecular flexibility index (Phi) is 7.08. The number of benzene rings is 1. The molecule has 152 valence electrons. The van der Waals surface area contributed by atoms with Crippen molar-refractivity contribution >= 4 is 17.6 Å². The van der Waals surface area contributed by atoms with Crippen LogP contribution in [0.15, 0.2) is 72.1 Å². The molecule has 0 spiro atoms. The summed E-state index contributed by atoms with van der Waals surface area (Å²) in [5.41, 5.74) is 1.54. The van der Waals surface area contributed by atoms with E-state index in [1.165, 1.54) is 30.4 Å². The van der Waals surface area contributed by atoms with Crippen molar-refractivity contribution in [3.05, 3.63) is 87.8 Å². The van der Waals surface area contributed by atoms with Crippen molar-refractivity contribution in [2.45, 2.75) is 19.8 Å². The Labute approximate surface area is 168 Å². The highest BCUT2D eigenvalue weighted by molar-refractivity contribution is 6.00. The zero-order chi connectivity index (χ0) is 21.6. The number of carbonyl (C=O) groups excluding carboxylic acids is 2. The second-order valence-corrected chi connectivity index (χ2v) is 6.26. The van der Waals surface area contributed by atoms with Crippen LogP contribution in [-0.2, 0) is 19.1 Å². The summed E-state index contributed by atoms with van der Waals surface area (Å²) >= 11 is 0. The molecule has 8 nitrogen and oxygen atoms in total. The lowest BCUT2D eigenvalue weighted by Gasteiger charge is -2.30. The fraction of sp³-hybridized carbons (Fsp3) is 0.238. The number of hydrogen-bond acceptors (Lipinski definition) is 7. The van der Waals surface area contributed by atoms with E-state index in [-0.39, 0.29) is 30.0 Å². The SMILES string of the molecule is C=CCOC(=O)C1=C(C)NC(C)=C(C(=O)OCC=C)C1c1cccc([N+](=O)[O-])c1. The predicted octanol–water partition coefficient (Wildman–Crippen LogP) is 3.29. The normalized spacial score (nSPS) is 14.1. The molecule has 0 saturated carbocycles. The summed E-state index contributed by atoms with van der Waals surface area (Å²) in [7, 11) is 0. The van der Waals surface area contributed by atoms with E-state index in [4.69, 9.17) is 9.47 Å². The van der Waals surface area contributed by atoms with Crippen LogP contribution < -0.4 is 5.32 Å². The van der Waals surface area contributed by atoms with Crippen LogP contribution in [0.3, 0.4) is 0 Å². The maximum atomic E-state index is 12.8. The lowest BCUT2D eigenvalue weighted by atomic mass is 9.80. The van der Waals surface area contributed by atoms with Crippen LogP contribution in [0, 0.1) is 10.1 Å². The number of dihydropyridines is 1. The van der Waals surface area contributed by atoms with Crippen LogP contribution in [-0.4, -0.2) is 30.1 Å². The highest BCUT2D eigenvalue weighted by Crippen LogP contribution is 2.40. The molecule has 29 heavy (non-hydrogen) atoms. The Morgan fingerprint density at radius 2 is 1.62 bits per heavy atom. The van der Waals surface area contributed by atoms with E-state index < -0.39 is 22.8 Å². The van der Waals surface area contributed by atoms with Gasteiger partial charge in [-0.3, -0.25) is 10.1 Å². The lowest BCUT2D eigenvalue weighted by molar-refractivity contribution is -0.384. The van der Waals surface area contributed by atoms with E-state index in [2.05, 4.69) is 18.5 Å². The summed E-state index contributed by atoms with van der Waals surface area (Å²) in [5, 5.41) is 14.2. The molecule has 1 aromatic carbocycles. The number of nitrogens with one attached hydrogen (secondary N) is 1. The Hall–Kier alpha value is -3.68. The molecule has 0 bridgehead atoms. The highest BCUT2D eigenvalue weighted by Gasteiger charge is 2.38. The van der Waals surface area contributed by atoms with Crippen LogP contribution in [0.4, 0.5) is 5.69 Å². The number of allylic oxidation sites excluding steroid dienone is 2. The fourth-order valence-corrected chi connectivity index (χ4v) is 3.11. The third kappa shape index (κ3) is 4.78. The van der Waals surface area contributed by atoms with Gasteiger partial charge in [-0.05, 0) is 19.4 Å². The van der Waals surface area contributed by atoms with Gasteiger partial charge >= 0.3 is 11.9 Å². The maximum absolute atomic E-state index is 12.8. The van der Waals surface area contributed by atoms with Crippen LogP contribution in [0.25, 0.3) is 0 Å². The van der Waals surface area contributed by atoms with Gasteiger partial charge in [0.1, 0.15) is 13.2 Å². The third-order valence-corrected chi connectivity index (χ3v) is 4.28. The number of esters is 2. The average molecular weight is 398 g/mol. The molecule has 1 aliphatic rings. The summed E-state index contributed by atoms with van der Waals surface area (Å²) in [6.45, 7) is 10.3. The summed E-state index contributed by atoms with van der Waals surface area (Å²) < 4.78 is 10.4. The smallest absolute Gasteiger partial charge is 0.337 e. The van der Waals surface area contributed by atoms with Crippen LogP contribution >= 0.6 is 0 Å². The fourth-order valence-electron chi connectivity index (χ4n) is 3.11. The van der Waals surface area contributed by atoms with Crippen molar-refractivity contribution in [2.24, 2.45) is 0 Å². The first-order chi connectivity index (χ1) is 13.8. The van der Waals surface area contributed by atoms with E-state index in [1.54, 1.807) is 19.9 Å². The van der Waals surface area contributed by atoms with Crippen molar-refractivity contribution in [1.29, 1.82) is 0 Å². The number of hydrogen-bond donors (Lipinski definition) is 1. The first kappa shape index (κ1) is 21.6. The number of nitrogens with zero attached hydrogens (tertiary/aromatic N) is 1. The van der Waals surface area contributed by atoms with Crippen molar-refractivity contribution in [2.75, 3.05) is 13.2 Å². The van der Waals surface area contributed by atoms with Gasteiger partial charge in [-0.2, -0.15) is 0 Å². The minimum Gasteiger partial charge on any atom is -0.458 e. The van der Waals surface area contributed by atoms with Gasteiger partial charge in [-0.1, -0.05) is 37.4 Å². The van der Waals surface area contributed by atoms with Crippen molar-refractivity contribution < 1.29 is 24.0 Å². The molecular formula is C21H22N2O6. The number of non-ortho nitro benzene ring substituents is 1. The summed E-state index contributed by atoms with van der Waals surface area (Å²) in [5.74, 6) is -2.22. The van der Waals surface area contributed by atoms with E-state index in [0.717, 1.165) is 0 Å². The quantitative estimate of drug-likeness (QED) is 0.310.